The first-order chi connectivity index (χ1) is 9.63. The van der Waals surface area contributed by atoms with E-state index in [0.717, 1.165) is 31.4 Å². The maximum absolute atomic E-state index is 13.1. The normalized spacial score (nSPS) is 19.9. The fourth-order valence-electron chi connectivity index (χ4n) is 2.20. The Balaban J connectivity index is 1.85. The third-order valence-electron chi connectivity index (χ3n) is 3.24. The molecule has 1 saturated heterocycles. The van der Waals surface area contributed by atoms with Gasteiger partial charge in [0.25, 0.3) is 0 Å². The Morgan fingerprint density at radius 2 is 2.05 bits per heavy atom. The number of nitrogens with one attached hydrogen (secondary N) is 2. The molecule has 1 amide bonds. The minimum atomic E-state index is -0.923. The van der Waals surface area contributed by atoms with Crippen LogP contribution < -0.4 is 5.32 Å². The van der Waals surface area contributed by atoms with Crippen LogP contribution in [-0.2, 0) is 4.79 Å². The van der Waals surface area contributed by atoms with Gasteiger partial charge in [-0.3, -0.25) is 4.79 Å². The number of nitrogens with zero attached hydrogens (tertiary/aromatic N) is 1. The third-order valence-corrected chi connectivity index (χ3v) is 4.39. The van der Waals surface area contributed by atoms with Crippen molar-refractivity contribution >= 4 is 28.7 Å². The molecular weight excluding hydrogens is 284 g/mol. The van der Waals surface area contributed by atoms with E-state index in [0.29, 0.717) is 22.7 Å². The predicted octanol–water partition coefficient (Wildman–Crippen LogP) is 2.60. The van der Waals surface area contributed by atoms with Crippen LogP contribution in [0.4, 0.5) is 8.78 Å². The van der Waals surface area contributed by atoms with E-state index in [4.69, 9.17) is 0 Å². The number of imidazole rings is 1. The Hall–Kier alpha value is -1.63. The van der Waals surface area contributed by atoms with Crippen molar-refractivity contribution in [2.45, 2.75) is 29.7 Å². The van der Waals surface area contributed by atoms with Gasteiger partial charge in [-0.1, -0.05) is 18.2 Å². The number of fused-ring (bicyclic) bond motifs is 1. The fraction of sp³-hybridized carbons (Fsp3) is 0.385. The number of aromatic nitrogens is 2. The van der Waals surface area contributed by atoms with Crippen molar-refractivity contribution < 1.29 is 13.6 Å². The van der Waals surface area contributed by atoms with Gasteiger partial charge < -0.3 is 10.3 Å². The van der Waals surface area contributed by atoms with E-state index >= 15 is 0 Å². The second kappa shape index (κ2) is 5.40. The fourth-order valence-corrected chi connectivity index (χ4v) is 3.26. The zero-order chi connectivity index (χ0) is 14.1. The molecule has 0 aliphatic carbocycles. The number of H-pyrrole nitrogens is 1. The van der Waals surface area contributed by atoms with Crippen LogP contribution in [0.15, 0.2) is 17.3 Å². The Morgan fingerprint density at radius 1 is 1.25 bits per heavy atom. The molecule has 0 saturated carbocycles. The first kappa shape index (κ1) is 13.4. The quantitative estimate of drug-likeness (QED) is 0.896. The first-order valence-corrected chi connectivity index (χ1v) is 7.30. The molecule has 0 bridgehead atoms. The molecule has 7 heteroatoms. The average Bonchev–Trinajstić information content (AvgIpc) is 2.66. The summed E-state index contributed by atoms with van der Waals surface area (Å²) in [6.45, 7) is 0.701. The van der Waals surface area contributed by atoms with Crippen molar-refractivity contribution in [3.63, 3.8) is 0 Å². The van der Waals surface area contributed by atoms with Crippen molar-refractivity contribution in [3.8, 4) is 0 Å². The molecule has 4 nitrogen and oxygen atoms in total. The van der Waals surface area contributed by atoms with Gasteiger partial charge in [-0.25, -0.2) is 13.8 Å². The van der Waals surface area contributed by atoms with Gasteiger partial charge in [-0.05, 0) is 12.8 Å². The molecule has 1 aromatic carbocycles. The largest absolute Gasteiger partial charge is 0.355 e. The molecular formula is C13H13F2N3OS. The highest BCUT2D eigenvalue weighted by molar-refractivity contribution is 8.00. The summed E-state index contributed by atoms with van der Waals surface area (Å²) in [4.78, 5) is 19.0. The minimum Gasteiger partial charge on any atom is -0.355 e. The summed E-state index contributed by atoms with van der Waals surface area (Å²) in [5, 5.41) is 3.14. The number of benzene rings is 1. The van der Waals surface area contributed by atoms with E-state index in [9.17, 15) is 13.6 Å². The number of carbonyl (C=O) groups is 1. The van der Waals surface area contributed by atoms with Crippen molar-refractivity contribution in [2.75, 3.05) is 6.54 Å². The number of aromatic amines is 1. The van der Waals surface area contributed by atoms with Gasteiger partial charge in [-0.15, -0.1) is 0 Å². The lowest BCUT2D eigenvalue weighted by atomic mass is 10.2. The van der Waals surface area contributed by atoms with Gasteiger partial charge in [0, 0.05) is 18.7 Å². The lowest BCUT2D eigenvalue weighted by Crippen LogP contribution is -2.30. The summed E-state index contributed by atoms with van der Waals surface area (Å²) < 4.78 is 26.3. The second-order valence-electron chi connectivity index (χ2n) is 4.72. The smallest absolute Gasteiger partial charge is 0.233 e. The predicted molar refractivity (Wildman–Crippen MR) is 72.5 cm³/mol. The number of halogens is 2. The van der Waals surface area contributed by atoms with Crippen LogP contribution in [0.1, 0.15) is 19.3 Å². The Labute approximate surface area is 118 Å². The summed E-state index contributed by atoms with van der Waals surface area (Å²) in [6.07, 6.45) is 2.72. The number of hydrogen-bond acceptors (Lipinski definition) is 3. The topological polar surface area (TPSA) is 57.8 Å². The number of amides is 1. The highest BCUT2D eigenvalue weighted by Gasteiger charge is 2.23. The molecule has 1 aliphatic heterocycles. The summed E-state index contributed by atoms with van der Waals surface area (Å²) >= 11 is 1.30. The van der Waals surface area contributed by atoms with Gasteiger partial charge in [0.05, 0.1) is 16.3 Å². The lowest BCUT2D eigenvalue weighted by molar-refractivity contribution is -0.120. The Morgan fingerprint density at radius 3 is 2.90 bits per heavy atom. The number of rotatable bonds is 2. The zero-order valence-electron chi connectivity index (χ0n) is 10.6. The van der Waals surface area contributed by atoms with Crippen molar-refractivity contribution in [3.05, 3.63) is 23.8 Å². The highest BCUT2D eigenvalue weighted by Crippen LogP contribution is 2.28. The van der Waals surface area contributed by atoms with Crippen molar-refractivity contribution in [1.29, 1.82) is 0 Å². The van der Waals surface area contributed by atoms with Crippen LogP contribution in [0.2, 0.25) is 0 Å². The SMILES string of the molecule is O=C1NCCCCC1Sc1nc2cc(F)c(F)cc2[nH]1. The van der Waals surface area contributed by atoms with Crippen molar-refractivity contribution in [2.24, 2.45) is 0 Å². The van der Waals surface area contributed by atoms with Crippen LogP contribution in [0.5, 0.6) is 0 Å². The standard InChI is InChI=1S/C13H13F2N3OS/c14-7-5-9-10(6-8(7)15)18-13(17-9)20-11-3-1-2-4-16-12(11)19/h5-6,11H,1-4H2,(H,16,19)(H,17,18). The van der Waals surface area contributed by atoms with Crippen LogP contribution in [0, 0.1) is 11.6 Å². The van der Waals surface area contributed by atoms with Gasteiger partial charge in [0.2, 0.25) is 5.91 Å². The molecule has 2 heterocycles. The van der Waals surface area contributed by atoms with E-state index in [1.807, 2.05) is 0 Å². The summed E-state index contributed by atoms with van der Waals surface area (Å²) in [5.41, 5.74) is 0.792. The van der Waals surface area contributed by atoms with Crippen LogP contribution in [0.3, 0.4) is 0 Å². The maximum Gasteiger partial charge on any atom is 0.233 e. The van der Waals surface area contributed by atoms with E-state index in [-0.39, 0.29) is 11.2 Å². The van der Waals surface area contributed by atoms with Gasteiger partial charge >= 0.3 is 0 Å². The molecule has 0 radical (unpaired) electrons. The van der Waals surface area contributed by atoms with E-state index < -0.39 is 11.6 Å². The average molecular weight is 297 g/mol. The minimum absolute atomic E-state index is 0.00897. The van der Waals surface area contributed by atoms with E-state index in [1.165, 1.54) is 11.8 Å². The summed E-state index contributed by atoms with van der Waals surface area (Å²) in [6, 6.07) is 2.13. The maximum atomic E-state index is 13.1. The summed E-state index contributed by atoms with van der Waals surface area (Å²) in [7, 11) is 0. The lowest BCUT2D eigenvalue weighted by Gasteiger charge is -2.09. The number of carbonyl (C=O) groups excluding carboxylic acids is 1. The van der Waals surface area contributed by atoms with Gasteiger partial charge in [0.15, 0.2) is 16.8 Å². The van der Waals surface area contributed by atoms with Crippen LogP contribution in [0.25, 0.3) is 11.0 Å². The first-order valence-electron chi connectivity index (χ1n) is 6.42. The molecule has 1 aliphatic rings. The molecule has 0 spiro atoms. The third kappa shape index (κ3) is 2.63. The van der Waals surface area contributed by atoms with Gasteiger partial charge in [-0.2, -0.15) is 0 Å². The van der Waals surface area contributed by atoms with Crippen molar-refractivity contribution in [1.82, 2.24) is 15.3 Å². The molecule has 1 unspecified atom stereocenters. The molecule has 106 valence electrons. The Kier molecular flexibility index (Phi) is 3.60. The molecule has 1 atom stereocenters. The molecule has 1 aromatic heterocycles. The van der Waals surface area contributed by atoms with Crippen LogP contribution >= 0.6 is 11.8 Å². The highest BCUT2D eigenvalue weighted by atomic mass is 32.2. The van der Waals surface area contributed by atoms with Crippen LogP contribution in [-0.4, -0.2) is 27.7 Å². The van der Waals surface area contributed by atoms with Gasteiger partial charge in [0.1, 0.15) is 0 Å². The monoisotopic (exact) mass is 297 g/mol. The van der Waals surface area contributed by atoms with E-state index in [2.05, 4.69) is 15.3 Å². The Bertz CT molecular complexity index is 619. The molecule has 3 rings (SSSR count). The number of hydrogen-bond donors (Lipinski definition) is 2. The molecule has 2 aromatic rings. The number of thioether (sulfide) groups is 1. The molecule has 2 N–H and O–H groups in total. The van der Waals surface area contributed by atoms with E-state index in [1.54, 1.807) is 0 Å². The molecule has 1 fully saturated rings. The zero-order valence-corrected chi connectivity index (χ0v) is 11.4. The second-order valence-corrected chi connectivity index (χ2v) is 5.91. The summed E-state index contributed by atoms with van der Waals surface area (Å²) in [5.74, 6) is -1.84. The molecule has 20 heavy (non-hydrogen) atoms.